The second-order valence-corrected chi connectivity index (χ2v) is 6.69. The topological polar surface area (TPSA) is 42.2 Å². The van der Waals surface area contributed by atoms with Crippen molar-refractivity contribution in [3.63, 3.8) is 0 Å². The molecule has 0 atom stereocenters. The van der Waals surface area contributed by atoms with Crippen molar-refractivity contribution in [2.45, 2.75) is 27.3 Å². The first-order valence-corrected chi connectivity index (χ1v) is 8.83. The van der Waals surface area contributed by atoms with Crippen LogP contribution in [0.1, 0.15) is 22.5 Å². The number of nitrogens with one attached hydrogen (secondary N) is 1. The Kier molecular flexibility index (Phi) is 4.17. The van der Waals surface area contributed by atoms with Crippen molar-refractivity contribution < 1.29 is 0 Å². The van der Waals surface area contributed by atoms with Gasteiger partial charge in [-0.1, -0.05) is 54.1 Å². The Labute approximate surface area is 153 Å². The molecule has 4 aromatic rings. The molecule has 0 saturated carbocycles. The predicted octanol–water partition coefficient (Wildman–Crippen LogP) is 4.93. The lowest BCUT2D eigenvalue weighted by atomic mass is 10.1. The molecule has 0 spiro atoms. The van der Waals surface area contributed by atoms with Gasteiger partial charge in [-0.05, 0) is 38.5 Å². The molecule has 130 valence electrons. The van der Waals surface area contributed by atoms with Crippen molar-refractivity contribution in [3.05, 3.63) is 83.2 Å². The Morgan fingerprint density at radius 3 is 2.46 bits per heavy atom. The van der Waals surface area contributed by atoms with Crippen molar-refractivity contribution in [2.24, 2.45) is 0 Å². The summed E-state index contributed by atoms with van der Waals surface area (Å²) in [7, 11) is 0. The molecule has 0 aliphatic heterocycles. The first-order chi connectivity index (χ1) is 12.6. The summed E-state index contributed by atoms with van der Waals surface area (Å²) in [6.45, 7) is 6.94. The largest absolute Gasteiger partial charge is 0.365 e. The van der Waals surface area contributed by atoms with Gasteiger partial charge in [-0.3, -0.25) is 4.40 Å². The van der Waals surface area contributed by atoms with Crippen molar-refractivity contribution >= 4 is 11.6 Å². The average Bonchev–Trinajstić information content (AvgIpc) is 2.99. The lowest BCUT2D eigenvalue weighted by molar-refractivity contribution is 0.995. The van der Waals surface area contributed by atoms with Gasteiger partial charge < -0.3 is 5.32 Å². The maximum absolute atomic E-state index is 4.85. The fraction of sp³-hybridized carbons (Fsp3) is 0.182. The standard InChI is InChI=1S/C22H22N4/c1-15-8-7-11-19(12-15)20-21(23-14-18-9-5-4-6-10-18)26-17(3)13-16(2)24-22(26)25-20/h4-13,23H,14H2,1-3H3. The van der Waals surface area contributed by atoms with Crippen LogP contribution in [0.5, 0.6) is 0 Å². The van der Waals surface area contributed by atoms with E-state index in [2.05, 4.69) is 83.1 Å². The number of hydrogen-bond acceptors (Lipinski definition) is 3. The molecule has 0 saturated heterocycles. The van der Waals surface area contributed by atoms with Crippen LogP contribution in [0.15, 0.2) is 60.7 Å². The summed E-state index contributed by atoms with van der Waals surface area (Å²) < 4.78 is 2.10. The summed E-state index contributed by atoms with van der Waals surface area (Å²) in [5.41, 5.74) is 6.58. The maximum Gasteiger partial charge on any atom is 0.236 e. The second-order valence-electron chi connectivity index (χ2n) is 6.69. The zero-order valence-corrected chi connectivity index (χ0v) is 15.3. The lowest BCUT2D eigenvalue weighted by Gasteiger charge is -2.11. The number of aromatic nitrogens is 3. The second kappa shape index (κ2) is 6.64. The van der Waals surface area contributed by atoms with E-state index in [0.717, 1.165) is 40.8 Å². The molecule has 2 aromatic heterocycles. The molecular formula is C22H22N4. The van der Waals surface area contributed by atoms with Gasteiger partial charge in [-0.25, -0.2) is 9.97 Å². The minimum absolute atomic E-state index is 0.731. The summed E-state index contributed by atoms with van der Waals surface area (Å²) in [4.78, 5) is 9.48. The van der Waals surface area contributed by atoms with Crippen LogP contribution in [-0.4, -0.2) is 14.4 Å². The summed E-state index contributed by atoms with van der Waals surface area (Å²) >= 11 is 0. The molecule has 26 heavy (non-hydrogen) atoms. The number of aryl methyl sites for hydroxylation is 3. The molecule has 0 radical (unpaired) electrons. The van der Waals surface area contributed by atoms with Gasteiger partial charge in [0, 0.05) is 23.5 Å². The van der Waals surface area contributed by atoms with Crippen molar-refractivity contribution in [1.82, 2.24) is 14.4 Å². The van der Waals surface area contributed by atoms with Crippen molar-refractivity contribution in [1.29, 1.82) is 0 Å². The first kappa shape index (κ1) is 16.3. The van der Waals surface area contributed by atoms with Crippen molar-refractivity contribution in [3.8, 4) is 11.3 Å². The Morgan fingerprint density at radius 1 is 0.885 bits per heavy atom. The smallest absolute Gasteiger partial charge is 0.236 e. The predicted molar refractivity (Wildman–Crippen MR) is 106 cm³/mol. The zero-order chi connectivity index (χ0) is 18.1. The van der Waals surface area contributed by atoms with Gasteiger partial charge in [0.05, 0.1) is 0 Å². The van der Waals surface area contributed by atoms with E-state index in [9.17, 15) is 0 Å². The molecule has 2 heterocycles. The van der Waals surface area contributed by atoms with Crippen molar-refractivity contribution in [2.75, 3.05) is 5.32 Å². The van der Waals surface area contributed by atoms with E-state index < -0.39 is 0 Å². The van der Waals surface area contributed by atoms with E-state index >= 15 is 0 Å². The molecule has 0 aliphatic rings. The highest BCUT2D eigenvalue weighted by molar-refractivity contribution is 5.76. The van der Waals surface area contributed by atoms with E-state index in [0.29, 0.717) is 0 Å². The summed E-state index contributed by atoms with van der Waals surface area (Å²) in [6, 6.07) is 20.9. The molecule has 2 aromatic carbocycles. The summed E-state index contributed by atoms with van der Waals surface area (Å²) in [6.07, 6.45) is 0. The average molecular weight is 342 g/mol. The number of hydrogen-bond donors (Lipinski definition) is 1. The lowest BCUT2D eigenvalue weighted by Crippen LogP contribution is -2.05. The summed E-state index contributed by atoms with van der Waals surface area (Å²) in [5, 5.41) is 3.59. The molecule has 4 nitrogen and oxygen atoms in total. The quantitative estimate of drug-likeness (QED) is 0.571. The Hall–Kier alpha value is -3.14. The SMILES string of the molecule is Cc1cccc(-c2nc3nc(C)cc(C)n3c2NCc2ccccc2)c1. The Bertz CT molecular complexity index is 1060. The molecular weight excluding hydrogens is 320 g/mol. The Balaban J connectivity index is 1.85. The molecule has 1 N–H and O–H groups in total. The Morgan fingerprint density at radius 2 is 1.69 bits per heavy atom. The third-order valence-corrected chi connectivity index (χ3v) is 4.50. The van der Waals surface area contributed by atoms with Gasteiger partial charge in [0.15, 0.2) is 0 Å². The highest BCUT2D eigenvalue weighted by atomic mass is 15.2. The van der Waals surface area contributed by atoms with Gasteiger partial charge in [-0.15, -0.1) is 0 Å². The van der Waals surface area contributed by atoms with Gasteiger partial charge in [0.1, 0.15) is 11.5 Å². The highest BCUT2D eigenvalue weighted by Crippen LogP contribution is 2.30. The molecule has 4 heteroatoms. The molecule has 0 fully saturated rings. The fourth-order valence-electron chi connectivity index (χ4n) is 3.31. The minimum Gasteiger partial charge on any atom is -0.365 e. The minimum atomic E-state index is 0.731. The maximum atomic E-state index is 4.85. The molecule has 0 aliphatic carbocycles. The normalized spacial score (nSPS) is 11.0. The fourth-order valence-corrected chi connectivity index (χ4v) is 3.31. The number of rotatable bonds is 4. The zero-order valence-electron chi connectivity index (χ0n) is 15.3. The molecule has 0 amide bonds. The van der Waals surface area contributed by atoms with E-state index in [1.807, 2.05) is 13.0 Å². The van der Waals surface area contributed by atoms with Crippen LogP contribution in [-0.2, 0) is 6.54 Å². The summed E-state index contributed by atoms with van der Waals surface area (Å²) in [5.74, 6) is 1.72. The first-order valence-electron chi connectivity index (χ1n) is 8.83. The van der Waals surface area contributed by atoms with Gasteiger partial charge in [-0.2, -0.15) is 0 Å². The van der Waals surface area contributed by atoms with Crippen LogP contribution >= 0.6 is 0 Å². The van der Waals surface area contributed by atoms with E-state index in [1.54, 1.807) is 0 Å². The number of imidazole rings is 1. The van der Waals surface area contributed by atoms with E-state index in [1.165, 1.54) is 11.1 Å². The third-order valence-electron chi connectivity index (χ3n) is 4.50. The van der Waals surface area contributed by atoms with Crippen LogP contribution in [0.25, 0.3) is 17.0 Å². The molecule has 4 rings (SSSR count). The van der Waals surface area contributed by atoms with Crippen LogP contribution in [0.2, 0.25) is 0 Å². The van der Waals surface area contributed by atoms with E-state index in [4.69, 9.17) is 4.98 Å². The van der Waals surface area contributed by atoms with Crippen LogP contribution in [0.4, 0.5) is 5.82 Å². The molecule has 0 bridgehead atoms. The van der Waals surface area contributed by atoms with Gasteiger partial charge in [0.2, 0.25) is 5.78 Å². The van der Waals surface area contributed by atoms with Gasteiger partial charge >= 0.3 is 0 Å². The number of benzene rings is 2. The third kappa shape index (κ3) is 3.06. The number of fused-ring (bicyclic) bond motifs is 1. The number of anilines is 1. The molecule has 0 unspecified atom stereocenters. The highest BCUT2D eigenvalue weighted by Gasteiger charge is 2.17. The van der Waals surface area contributed by atoms with Crippen LogP contribution < -0.4 is 5.32 Å². The number of nitrogens with zero attached hydrogens (tertiary/aromatic N) is 3. The van der Waals surface area contributed by atoms with Crippen LogP contribution in [0.3, 0.4) is 0 Å². The monoisotopic (exact) mass is 342 g/mol. The van der Waals surface area contributed by atoms with Crippen LogP contribution in [0, 0.1) is 20.8 Å². The van der Waals surface area contributed by atoms with E-state index in [-0.39, 0.29) is 0 Å². The van der Waals surface area contributed by atoms with Gasteiger partial charge in [0.25, 0.3) is 0 Å².